The Bertz CT molecular complexity index is 975. The zero-order chi connectivity index (χ0) is 21.3. The summed E-state index contributed by atoms with van der Waals surface area (Å²) in [5.74, 6) is 7.00. The summed E-state index contributed by atoms with van der Waals surface area (Å²) < 4.78 is 22.1. The van der Waals surface area contributed by atoms with Gasteiger partial charge in [0.2, 0.25) is 0 Å². The molecule has 0 aliphatic heterocycles. The number of hydrogen-bond donors (Lipinski definition) is 2. The van der Waals surface area contributed by atoms with Gasteiger partial charge < -0.3 is 18.9 Å². The van der Waals surface area contributed by atoms with Gasteiger partial charge in [0.25, 0.3) is 5.91 Å². The van der Waals surface area contributed by atoms with Gasteiger partial charge in [-0.05, 0) is 35.4 Å². The largest absolute Gasteiger partial charge is 0.497 e. The number of carbonyl (C=O) groups is 1. The fourth-order valence-electron chi connectivity index (χ4n) is 2.61. The molecule has 8 nitrogen and oxygen atoms in total. The van der Waals surface area contributed by atoms with Crippen molar-refractivity contribution in [3.05, 3.63) is 77.6 Å². The number of carbonyl (C=O) groups excluding carboxylic acids is 1. The van der Waals surface area contributed by atoms with Gasteiger partial charge in [0, 0.05) is 6.07 Å². The lowest BCUT2D eigenvalue weighted by atomic mass is 10.2. The molecule has 3 N–H and O–H groups in total. The van der Waals surface area contributed by atoms with Crippen LogP contribution in [0.4, 0.5) is 0 Å². The van der Waals surface area contributed by atoms with E-state index >= 15 is 0 Å². The van der Waals surface area contributed by atoms with Gasteiger partial charge in [0.1, 0.15) is 30.4 Å². The van der Waals surface area contributed by atoms with Crippen LogP contribution in [0.2, 0.25) is 0 Å². The molecule has 1 aromatic heterocycles. The lowest BCUT2D eigenvalue weighted by Gasteiger charge is -2.14. The molecule has 8 heteroatoms. The molecule has 1 amide bonds. The highest BCUT2D eigenvalue weighted by molar-refractivity contribution is 5.92. The zero-order valence-electron chi connectivity index (χ0n) is 16.8. The number of benzene rings is 2. The fourth-order valence-corrected chi connectivity index (χ4v) is 2.61. The number of nitrogen functional groups attached to an aromatic ring is 1. The summed E-state index contributed by atoms with van der Waals surface area (Å²) in [6.07, 6.45) is 1.44. The second-order valence-corrected chi connectivity index (χ2v) is 6.26. The van der Waals surface area contributed by atoms with Gasteiger partial charge in [-0.3, -0.25) is 10.2 Å². The van der Waals surface area contributed by atoms with Gasteiger partial charge in [-0.1, -0.05) is 24.3 Å². The Morgan fingerprint density at radius 1 is 0.867 bits per heavy atom. The first-order chi connectivity index (χ1) is 14.6. The smallest absolute Gasteiger partial charge is 0.283 e. The molecule has 0 atom stereocenters. The number of nitrogens with one attached hydrogen (secondary N) is 1. The summed E-state index contributed by atoms with van der Waals surface area (Å²) in [5, 5.41) is 0. The maximum absolute atomic E-state index is 11.8. The number of hydrogen-bond acceptors (Lipinski definition) is 7. The van der Waals surface area contributed by atoms with Crippen molar-refractivity contribution in [2.24, 2.45) is 5.84 Å². The number of methoxy groups -OCH3 is 2. The normalized spacial score (nSPS) is 10.2. The molecule has 1 heterocycles. The average molecular weight is 409 g/mol. The van der Waals surface area contributed by atoms with Crippen LogP contribution in [0.25, 0.3) is 0 Å². The third kappa shape index (κ3) is 5.39. The Kier molecular flexibility index (Phi) is 7.07. The molecule has 3 rings (SSSR count). The van der Waals surface area contributed by atoms with Gasteiger partial charge in [0.05, 0.1) is 20.4 Å². The molecule has 0 radical (unpaired) electrons. The number of nitrogens with two attached hydrogens (primary N) is 1. The Morgan fingerprint density at radius 3 is 1.83 bits per heavy atom. The van der Waals surface area contributed by atoms with E-state index in [4.69, 9.17) is 24.8 Å². The molecule has 0 saturated heterocycles. The van der Waals surface area contributed by atoms with Crippen molar-refractivity contribution in [3.63, 3.8) is 0 Å². The quantitative estimate of drug-likeness (QED) is 0.318. The standard InChI is InChI=1S/C22H23N3O5/c1-27-17-7-3-15(4-8-17)13-29-20-11-19(22(26)25-23)24-12-21(20)30-14-16-5-9-18(28-2)10-6-16/h3-12H,13-14,23H2,1-2H3,(H,25,26). The SMILES string of the molecule is COc1ccc(COc2cnc(C(=O)NN)cc2OCc2ccc(OC)cc2)cc1. The molecule has 0 aliphatic carbocycles. The predicted molar refractivity (Wildman–Crippen MR) is 111 cm³/mol. The molecular formula is C22H23N3O5. The molecule has 3 aromatic rings. The minimum Gasteiger partial charge on any atom is -0.497 e. The molecule has 30 heavy (non-hydrogen) atoms. The Hall–Kier alpha value is -3.78. The number of amides is 1. The van der Waals surface area contributed by atoms with Gasteiger partial charge >= 0.3 is 0 Å². The molecule has 2 aromatic carbocycles. The summed E-state index contributed by atoms with van der Waals surface area (Å²) >= 11 is 0. The first-order valence-corrected chi connectivity index (χ1v) is 9.15. The predicted octanol–water partition coefficient (Wildman–Crippen LogP) is 2.86. The molecule has 0 aliphatic rings. The van der Waals surface area contributed by atoms with Crippen molar-refractivity contribution in [1.82, 2.24) is 10.4 Å². The maximum atomic E-state index is 11.8. The Balaban J connectivity index is 1.75. The van der Waals surface area contributed by atoms with E-state index in [0.29, 0.717) is 18.1 Å². The van der Waals surface area contributed by atoms with Crippen LogP contribution in [-0.2, 0) is 13.2 Å². The van der Waals surface area contributed by atoms with Crippen molar-refractivity contribution in [2.75, 3.05) is 14.2 Å². The van der Waals surface area contributed by atoms with Crippen molar-refractivity contribution < 1.29 is 23.7 Å². The number of hydrazine groups is 1. The van der Waals surface area contributed by atoms with Crippen LogP contribution in [0.1, 0.15) is 21.6 Å². The lowest BCUT2D eigenvalue weighted by molar-refractivity contribution is 0.0948. The summed E-state index contributed by atoms with van der Waals surface area (Å²) in [4.78, 5) is 15.9. The highest BCUT2D eigenvalue weighted by Crippen LogP contribution is 2.29. The molecule has 0 bridgehead atoms. The van der Waals surface area contributed by atoms with Crippen molar-refractivity contribution >= 4 is 5.91 Å². The van der Waals surface area contributed by atoms with Gasteiger partial charge in [-0.25, -0.2) is 10.8 Å². The minimum atomic E-state index is -0.522. The minimum absolute atomic E-state index is 0.124. The van der Waals surface area contributed by atoms with Crippen LogP contribution in [0.5, 0.6) is 23.0 Å². The van der Waals surface area contributed by atoms with Crippen molar-refractivity contribution in [1.29, 1.82) is 0 Å². The number of ether oxygens (including phenoxy) is 4. The molecule has 0 spiro atoms. The van der Waals surface area contributed by atoms with Crippen LogP contribution >= 0.6 is 0 Å². The van der Waals surface area contributed by atoms with E-state index in [0.717, 1.165) is 22.6 Å². The van der Waals surface area contributed by atoms with E-state index in [9.17, 15) is 4.79 Å². The van der Waals surface area contributed by atoms with Crippen LogP contribution in [-0.4, -0.2) is 25.1 Å². The highest BCUT2D eigenvalue weighted by Gasteiger charge is 2.13. The molecule has 0 unspecified atom stereocenters. The van der Waals surface area contributed by atoms with Crippen LogP contribution < -0.4 is 30.2 Å². The summed E-state index contributed by atoms with van der Waals surface area (Å²) in [7, 11) is 3.22. The number of rotatable bonds is 9. The monoisotopic (exact) mass is 409 g/mol. The lowest BCUT2D eigenvalue weighted by Crippen LogP contribution is -2.30. The van der Waals surface area contributed by atoms with E-state index in [1.807, 2.05) is 48.5 Å². The average Bonchev–Trinajstić information content (AvgIpc) is 2.81. The highest BCUT2D eigenvalue weighted by atomic mass is 16.5. The number of nitrogens with zero attached hydrogens (tertiary/aromatic N) is 1. The molecule has 0 saturated carbocycles. The van der Waals surface area contributed by atoms with E-state index in [1.54, 1.807) is 14.2 Å². The molecular weight excluding hydrogens is 386 g/mol. The maximum Gasteiger partial charge on any atom is 0.283 e. The first kappa shape index (κ1) is 20.9. The van der Waals surface area contributed by atoms with Crippen LogP contribution in [0.15, 0.2) is 60.8 Å². The summed E-state index contributed by atoms with van der Waals surface area (Å²) in [6, 6.07) is 16.5. The van der Waals surface area contributed by atoms with E-state index in [-0.39, 0.29) is 12.3 Å². The molecule has 0 fully saturated rings. The van der Waals surface area contributed by atoms with E-state index < -0.39 is 5.91 Å². The summed E-state index contributed by atoms with van der Waals surface area (Å²) in [5.41, 5.74) is 4.06. The van der Waals surface area contributed by atoms with Crippen LogP contribution in [0, 0.1) is 0 Å². The Labute approximate surface area is 174 Å². The van der Waals surface area contributed by atoms with Gasteiger partial charge in [0.15, 0.2) is 11.5 Å². The topological polar surface area (TPSA) is 105 Å². The third-order valence-corrected chi connectivity index (χ3v) is 4.30. The summed E-state index contributed by atoms with van der Waals surface area (Å²) in [6.45, 7) is 0.573. The van der Waals surface area contributed by atoms with E-state index in [2.05, 4.69) is 10.4 Å². The van der Waals surface area contributed by atoms with Crippen molar-refractivity contribution in [2.45, 2.75) is 13.2 Å². The van der Waals surface area contributed by atoms with E-state index in [1.165, 1.54) is 12.3 Å². The van der Waals surface area contributed by atoms with Crippen LogP contribution in [0.3, 0.4) is 0 Å². The third-order valence-electron chi connectivity index (χ3n) is 4.30. The van der Waals surface area contributed by atoms with Gasteiger partial charge in [-0.15, -0.1) is 0 Å². The second-order valence-electron chi connectivity index (χ2n) is 6.26. The number of aromatic nitrogens is 1. The molecule has 156 valence electrons. The second kappa shape index (κ2) is 10.1. The fraction of sp³-hybridized carbons (Fsp3) is 0.182. The first-order valence-electron chi connectivity index (χ1n) is 9.15. The number of pyridine rings is 1. The zero-order valence-corrected chi connectivity index (χ0v) is 16.8. The van der Waals surface area contributed by atoms with Crippen molar-refractivity contribution in [3.8, 4) is 23.0 Å². The van der Waals surface area contributed by atoms with Gasteiger partial charge in [-0.2, -0.15) is 0 Å². The Morgan fingerprint density at radius 2 is 1.37 bits per heavy atom.